The maximum absolute atomic E-state index is 12.2. The summed E-state index contributed by atoms with van der Waals surface area (Å²) in [6.45, 7) is 1.64. The Morgan fingerprint density at radius 1 is 1.31 bits per heavy atom. The molecule has 0 bridgehead atoms. The summed E-state index contributed by atoms with van der Waals surface area (Å²) >= 11 is 5.66. The highest BCUT2D eigenvalue weighted by molar-refractivity contribution is 7.13. The van der Waals surface area contributed by atoms with Gasteiger partial charge in [0, 0.05) is 0 Å². The summed E-state index contributed by atoms with van der Waals surface area (Å²) in [6.07, 6.45) is -4.69. The van der Waals surface area contributed by atoms with E-state index < -0.39 is 17.9 Å². The average molecular weight is 206 g/mol. The van der Waals surface area contributed by atoms with Gasteiger partial charge in [-0.1, -0.05) is 36.6 Å². The molecule has 0 aromatic heterocycles. The molecule has 0 aliphatic carbocycles. The molecule has 13 heavy (non-hydrogen) atoms. The van der Waals surface area contributed by atoms with Gasteiger partial charge >= 0.3 is 6.18 Å². The van der Waals surface area contributed by atoms with Gasteiger partial charge in [-0.25, -0.2) is 0 Å². The lowest BCUT2D eigenvalue weighted by Crippen LogP contribution is -2.22. The Hall–Kier alpha value is -0.635. The molecule has 0 saturated heterocycles. The van der Waals surface area contributed by atoms with Crippen LogP contribution >= 0.6 is 11.5 Å². The number of halogens is 4. The molecule has 0 nitrogen and oxygen atoms in total. The molecule has 0 atom stereocenters. The molecular formula is C8H7BClF3. The average Bonchev–Trinajstić information content (AvgIpc) is 2.03. The fourth-order valence-corrected chi connectivity index (χ4v) is 1.10. The van der Waals surface area contributed by atoms with Crippen molar-refractivity contribution in [2.75, 3.05) is 0 Å². The van der Waals surface area contributed by atoms with Gasteiger partial charge in [0.25, 0.3) is 6.13 Å². The van der Waals surface area contributed by atoms with E-state index >= 15 is 0 Å². The Labute approximate surface area is 79.7 Å². The first-order valence-electron chi connectivity index (χ1n) is 3.72. The topological polar surface area (TPSA) is 0 Å². The Morgan fingerprint density at radius 3 is 2.38 bits per heavy atom. The second kappa shape index (κ2) is 3.62. The van der Waals surface area contributed by atoms with Crippen LogP contribution in [0.25, 0.3) is 0 Å². The first-order valence-corrected chi connectivity index (χ1v) is 4.16. The van der Waals surface area contributed by atoms with Crippen LogP contribution in [0, 0.1) is 0 Å². The van der Waals surface area contributed by atoms with E-state index in [2.05, 4.69) is 0 Å². The summed E-state index contributed by atoms with van der Waals surface area (Å²) in [5.74, 6) is 0. The van der Waals surface area contributed by atoms with E-state index in [4.69, 9.17) is 11.5 Å². The lowest BCUT2D eigenvalue weighted by molar-refractivity contribution is -0.137. The van der Waals surface area contributed by atoms with Crippen LogP contribution in [0.1, 0.15) is 5.56 Å². The molecule has 0 spiro atoms. The molecule has 1 aromatic carbocycles. The number of rotatable bonds is 1. The van der Waals surface area contributed by atoms with E-state index in [1.807, 2.05) is 0 Å². The minimum Gasteiger partial charge on any atom is -0.189 e. The van der Waals surface area contributed by atoms with Crippen LogP contribution in [0.5, 0.6) is 0 Å². The molecule has 0 saturated carbocycles. The van der Waals surface area contributed by atoms with E-state index in [0.29, 0.717) is 5.46 Å². The highest BCUT2D eigenvalue weighted by Crippen LogP contribution is 2.28. The zero-order valence-corrected chi connectivity index (χ0v) is 7.65. The van der Waals surface area contributed by atoms with E-state index in [0.717, 1.165) is 12.1 Å². The van der Waals surface area contributed by atoms with Gasteiger partial charge in [0.2, 0.25) is 0 Å². The molecule has 0 aliphatic heterocycles. The third kappa shape index (κ3) is 2.66. The van der Waals surface area contributed by atoms with Gasteiger partial charge in [-0.05, 0) is 0 Å². The lowest BCUT2D eigenvalue weighted by Gasteiger charge is -2.08. The number of benzene rings is 1. The standard InChI is InChI=1S/C8H7BClF3/c1-9(10)7-4-2-3-6(5-7)8(11,12)13/h2-5H,1H3. The summed E-state index contributed by atoms with van der Waals surface area (Å²) in [4.78, 5) is 0. The van der Waals surface area contributed by atoms with Crippen molar-refractivity contribution in [3.8, 4) is 0 Å². The van der Waals surface area contributed by atoms with Crippen LogP contribution in [0.2, 0.25) is 6.82 Å². The van der Waals surface area contributed by atoms with Gasteiger partial charge in [0.1, 0.15) is 0 Å². The molecule has 1 aromatic rings. The van der Waals surface area contributed by atoms with E-state index in [-0.39, 0.29) is 0 Å². The summed E-state index contributed by atoms with van der Waals surface area (Å²) in [5.41, 5.74) is -0.172. The second-order valence-electron chi connectivity index (χ2n) is 2.74. The van der Waals surface area contributed by atoms with Crippen LogP contribution in [0.3, 0.4) is 0 Å². The molecule has 1 rings (SSSR count). The molecule has 0 amide bonds. The number of hydrogen-bond acceptors (Lipinski definition) is 0. The Morgan fingerprint density at radius 2 is 1.92 bits per heavy atom. The molecular weight excluding hydrogens is 199 g/mol. The third-order valence-corrected chi connectivity index (χ3v) is 1.93. The summed E-state index contributed by atoms with van der Waals surface area (Å²) in [5, 5.41) is 0. The maximum atomic E-state index is 12.2. The summed E-state index contributed by atoms with van der Waals surface area (Å²) in [6, 6.07) is 5.03. The van der Waals surface area contributed by atoms with E-state index in [1.54, 1.807) is 12.9 Å². The van der Waals surface area contributed by atoms with Gasteiger partial charge in [0.05, 0.1) is 5.56 Å². The summed E-state index contributed by atoms with van der Waals surface area (Å²) < 4.78 is 36.6. The van der Waals surface area contributed by atoms with Crippen molar-refractivity contribution in [3.63, 3.8) is 0 Å². The number of hydrogen-bond donors (Lipinski definition) is 0. The molecule has 5 heteroatoms. The minimum atomic E-state index is -4.29. The van der Waals surface area contributed by atoms with Gasteiger partial charge < -0.3 is 0 Å². The maximum Gasteiger partial charge on any atom is 0.416 e. The van der Waals surface area contributed by atoms with Crippen molar-refractivity contribution in [1.29, 1.82) is 0 Å². The molecule has 0 heterocycles. The zero-order valence-electron chi connectivity index (χ0n) is 6.90. The monoisotopic (exact) mass is 206 g/mol. The van der Waals surface area contributed by atoms with Crippen LogP contribution in [0.15, 0.2) is 24.3 Å². The SMILES string of the molecule is CB(Cl)c1cccc(C(F)(F)F)c1. The van der Waals surface area contributed by atoms with Crippen LogP contribution in [-0.4, -0.2) is 6.13 Å². The largest absolute Gasteiger partial charge is 0.416 e. The van der Waals surface area contributed by atoms with E-state index in [1.165, 1.54) is 6.07 Å². The minimum absolute atomic E-state index is 0.401. The van der Waals surface area contributed by atoms with Gasteiger partial charge in [0.15, 0.2) is 0 Å². The molecule has 0 fully saturated rings. The van der Waals surface area contributed by atoms with Gasteiger partial charge in [-0.3, -0.25) is 0 Å². The normalized spacial score (nSPS) is 11.5. The summed E-state index contributed by atoms with van der Waals surface area (Å²) in [7, 11) is 0. The molecule has 0 radical (unpaired) electrons. The van der Waals surface area contributed by atoms with Crippen molar-refractivity contribution < 1.29 is 13.2 Å². The Balaban J connectivity index is 3.06. The van der Waals surface area contributed by atoms with Crippen LogP contribution in [0.4, 0.5) is 13.2 Å². The van der Waals surface area contributed by atoms with E-state index in [9.17, 15) is 13.2 Å². The molecule has 0 unspecified atom stereocenters. The Kier molecular flexibility index (Phi) is 2.91. The molecule has 0 N–H and O–H groups in total. The first kappa shape index (κ1) is 10.4. The fourth-order valence-electron chi connectivity index (χ4n) is 0.962. The van der Waals surface area contributed by atoms with Crippen molar-refractivity contribution in [2.24, 2.45) is 0 Å². The quantitative estimate of drug-likeness (QED) is 0.620. The van der Waals surface area contributed by atoms with Crippen LogP contribution in [-0.2, 0) is 6.18 Å². The smallest absolute Gasteiger partial charge is 0.189 e. The van der Waals surface area contributed by atoms with Crippen molar-refractivity contribution in [1.82, 2.24) is 0 Å². The van der Waals surface area contributed by atoms with Gasteiger partial charge in [-0.15, -0.1) is 0 Å². The predicted octanol–water partition coefficient (Wildman–Crippen LogP) is 2.77. The zero-order chi connectivity index (χ0) is 10.1. The third-order valence-electron chi connectivity index (χ3n) is 1.67. The van der Waals surface area contributed by atoms with Crippen molar-refractivity contribution in [3.05, 3.63) is 29.8 Å². The Bertz CT molecular complexity index is 296. The molecule has 70 valence electrons. The second-order valence-corrected chi connectivity index (χ2v) is 3.39. The van der Waals surface area contributed by atoms with Crippen molar-refractivity contribution in [2.45, 2.75) is 13.0 Å². The highest BCUT2D eigenvalue weighted by atomic mass is 35.5. The predicted molar refractivity (Wildman–Crippen MR) is 48.5 cm³/mol. The number of alkyl halides is 3. The molecule has 0 aliphatic rings. The first-order chi connectivity index (χ1) is 5.91. The van der Waals surface area contributed by atoms with Gasteiger partial charge in [-0.2, -0.15) is 24.6 Å². The fraction of sp³-hybridized carbons (Fsp3) is 0.250. The highest BCUT2D eigenvalue weighted by Gasteiger charge is 2.30. The van der Waals surface area contributed by atoms with Crippen molar-refractivity contribution >= 4 is 23.1 Å². The lowest BCUT2D eigenvalue weighted by atomic mass is 9.71. The van der Waals surface area contributed by atoms with Crippen LogP contribution < -0.4 is 5.46 Å².